The van der Waals surface area contributed by atoms with Gasteiger partial charge < -0.3 is 10.2 Å². The van der Waals surface area contributed by atoms with Crippen molar-refractivity contribution < 1.29 is 9.59 Å². The Balaban J connectivity index is 1.91. The molecule has 2 heterocycles. The zero-order chi connectivity index (χ0) is 10.7. The highest BCUT2D eigenvalue weighted by Gasteiger charge is 2.31. The van der Waals surface area contributed by atoms with Crippen molar-refractivity contribution in [1.29, 1.82) is 0 Å². The monoisotopic (exact) mass is 210 g/mol. The SMILES string of the molecule is O=C1CC(C(=O)N2CCCCCC2)CN1. The van der Waals surface area contributed by atoms with Crippen LogP contribution in [0.2, 0.25) is 0 Å². The van der Waals surface area contributed by atoms with Gasteiger partial charge >= 0.3 is 0 Å². The van der Waals surface area contributed by atoms with Gasteiger partial charge in [-0.3, -0.25) is 9.59 Å². The van der Waals surface area contributed by atoms with E-state index in [1.54, 1.807) is 0 Å². The summed E-state index contributed by atoms with van der Waals surface area (Å²) in [7, 11) is 0. The van der Waals surface area contributed by atoms with E-state index in [9.17, 15) is 9.59 Å². The maximum atomic E-state index is 12.0. The number of amides is 2. The highest BCUT2D eigenvalue weighted by Crippen LogP contribution is 2.16. The molecule has 0 aliphatic carbocycles. The molecule has 2 amide bonds. The molecule has 2 aliphatic heterocycles. The van der Waals surface area contributed by atoms with Gasteiger partial charge in [0, 0.05) is 26.1 Å². The second-order valence-corrected chi connectivity index (χ2v) is 4.44. The van der Waals surface area contributed by atoms with E-state index < -0.39 is 0 Å². The number of carbonyl (C=O) groups excluding carboxylic acids is 2. The van der Waals surface area contributed by atoms with E-state index in [2.05, 4.69) is 5.32 Å². The molecule has 0 aromatic carbocycles. The van der Waals surface area contributed by atoms with Gasteiger partial charge in [-0.15, -0.1) is 0 Å². The summed E-state index contributed by atoms with van der Waals surface area (Å²) in [6.45, 7) is 2.29. The highest BCUT2D eigenvalue weighted by atomic mass is 16.2. The van der Waals surface area contributed by atoms with Gasteiger partial charge in [0.15, 0.2) is 0 Å². The van der Waals surface area contributed by atoms with Gasteiger partial charge in [0.1, 0.15) is 0 Å². The van der Waals surface area contributed by atoms with Crippen molar-refractivity contribution in [3.8, 4) is 0 Å². The molecule has 0 saturated carbocycles. The van der Waals surface area contributed by atoms with E-state index in [0.29, 0.717) is 13.0 Å². The average molecular weight is 210 g/mol. The van der Waals surface area contributed by atoms with Gasteiger partial charge in [0.2, 0.25) is 11.8 Å². The molecule has 0 spiro atoms. The molecule has 4 nitrogen and oxygen atoms in total. The number of carbonyl (C=O) groups is 2. The van der Waals surface area contributed by atoms with Gasteiger partial charge in [-0.1, -0.05) is 12.8 Å². The Labute approximate surface area is 90.0 Å². The Morgan fingerprint density at radius 3 is 2.40 bits per heavy atom. The lowest BCUT2D eigenvalue weighted by atomic mass is 10.1. The zero-order valence-corrected chi connectivity index (χ0v) is 9.00. The number of rotatable bonds is 1. The molecule has 0 aromatic heterocycles. The van der Waals surface area contributed by atoms with Gasteiger partial charge in [-0.05, 0) is 12.8 Å². The van der Waals surface area contributed by atoms with E-state index in [1.165, 1.54) is 12.8 Å². The van der Waals surface area contributed by atoms with E-state index in [1.807, 2.05) is 4.90 Å². The van der Waals surface area contributed by atoms with Gasteiger partial charge in [0.25, 0.3) is 0 Å². The molecule has 1 atom stereocenters. The first-order chi connectivity index (χ1) is 7.27. The lowest BCUT2D eigenvalue weighted by Gasteiger charge is -2.22. The summed E-state index contributed by atoms with van der Waals surface area (Å²) in [5.41, 5.74) is 0. The van der Waals surface area contributed by atoms with Crippen LogP contribution in [0.5, 0.6) is 0 Å². The minimum absolute atomic E-state index is 0.0168. The molecule has 0 radical (unpaired) electrons. The second-order valence-electron chi connectivity index (χ2n) is 4.44. The quantitative estimate of drug-likeness (QED) is 0.686. The van der Waals surface area contributed by atoms with Crippen molar-refractivity contribution in [3.05, 3.63) is 0 Å². The predicted octanol–water partition coefficient (Wildman–Crippen LogP) is 0.525. The molecule has 2 fully saturated rings. The first-order valence-corrected chi connectivity index (χ1v) is 5.83. The third-order valence-electron chi connectivity index (χ3n) is 3.24. The normalized spacial score (nSPS) is 27.3. The van der Waals surface area contributed by atoms with Crippen LogP contribution in [0.15, 0.2) is 0 Å². The number of hydrogen-bond donors (Lipinski definition) is 1. The summed E-state index contributed by atoms with van der Waals surface area (Å²) in [5.74, 6) is 0.0917. The number of nitrogens with zero attached hydrogens (tertiary/aromatic N) is 1. The second kappa shape index (κ2) is 4.64. The zero-order valence-electron chi connectivity index (χ0n) is 9.00. The van der Waals surface area contributed by atoms with Crippen LogP contribution in [0.1, 0.15) is 32.1 Å². The van der Waals surface area contributed by atoms with Crippen LogP contribution in [0.4, 0.5) is 0 Å². The lowest BCUT2D eigenvalue weighted by Crippen LogP contribution is -2.37. The minimum Gasteiger partial charge on any atom is -0.355 e. The summed E-state index contributed by atoms with van der Waals surface area (Å²) >= 11 is 0. The van der Waals surface area contributed by atoms with Crippen LogP contribution in [-0.2, 0) is 9.59 Å². The lowest BCUT2D eigenvalue weighted by molar-refractivity contribution is -0.135. The van der Waals surface area contributed by atoms with Crippen molar-refractivity contribution in [2.75, 3.05) is 19.6 Å². The van der Waals surface area contributed by atoms with Crippen molar-refractivity contribution in [1.82, 2.24) is 10.2 Å². The van der Waals surface area contributed by atoms with Crippen LogP contribution in [-0.4, -0.2) is 36.3 Å². The fraction of sp³-hybridized carbons (Fsp3) is 0.818. The molecule has 2 rings (SSSR count). The third kappa shape index (κ3) is 2.49. The topological polar surface area (TPSA) is 49.4 Å². The van der Waals surface area contributed by atoms with Crippen LogP contribution < -0.4 is 5.32 Å². The van der Waals surface area contributed by atoms with Crippen LogP contribution in [0, 0.1) is 5.92 Å². The van der Waals surface area contributed by atoms with Crippen molar-refractivity contribution >= 4 is 11.8 Å². The van der Waals surface area contributed by atoms with E-state index in [0.717, 1.165) is 25.9 Å². The van der Waals surface area contributed by atoms with Gasteiger partial charge in [-0.2, -0.15) is 0 Å². The molecule has 1 unspecified atom stereocenters. The highest BCUT2D eigenvalue weighted by molar-refractivity contribution is 5.89. The summed E-state index contributed by atoms with van der Waals surface area (Å²) in [6, 6.07) is 0. The summed E-state index contributed by atoms with van der Waals surface area (Å²) in [4.78, 5) is 25.0. The molecule has 2 aliphatic rings. The molecular weight excluding hydrogens is 192 g/mol. The van der Waals surface area contributed by atoms with Crippen LogP contribution in [0.25, 0.3) is 0 Å². The Hall–Kier alpha value is -1.06. The van der Waals surface area contributed by atoms with Crippen molar-refractivity contribution in [3.63, 3.8) is 0 Å². The number of hydrogen-bond acceptors (Lipinski definition) is 2. The third-order valence-corrected chi connectivity index (χ3v) is 3.24. The predicted molar refractivity (Wildman–Crippen MR) is 56.2 cm³/mol. The Bertz CT molecular complexity index is 257. The number of likely N-dealkylation sites (tertiary alicyclic amines) is 1. The molecule has 1 N–H and O–H groups in total. The Morgan fingerprint density at radius 1 is 1.20 bits per heavy atom. The summed E-state index contributed by atoms with van der Waals surface area (Å²) in [5, 5.41) is 2.72. The first kappa shape index (κ1) is 10.5. The first-order valence-electron chi connectivity index (χ1n) is 5.83. The maximum Gasteiger partial charge on any atom is 0.227 e. The standard InChI is InChI=1S/C11H18N2O2/c14-10-7-9(8-12-10)11(15)13-5-3-1-2-4-6-13/h9H,1-8H2,(H,12,14). The summed E-state index contributed by atoms with van der Waals surface area (Å²) < 4.78 is 0. The van der Waals surface area contributed by atoms with Crippen LogP contribution >= 0.6 is 0 Å². The van der Waals surface area contributed by atoms with Gasteiger partial charge in [0.05, 0.1) is 5.92 Å². The molecule has 0 aromatic rings. The molecule has 4 heteroatoms. The Kier molecular flexibility index (Phi) is 3.23. The average Bonchev–Trinajstić information content (AvgIpc) is 2.53. The van der Waals surface area contributed by atoms with Gasteiger partial charge in [-0.25, -0.2) is 0 Å². The molecule has 15 heavy (non-hydrogen) atoms. The van der Waals surface area contributed by atoms with E-state index in [-0.39, 0.29) is 17.7 Å². The van der Waals surface area contributed by atoms with E-state index >= 15 is 0 Å². The van der Waals surface area contributed by atoms with Crippen molar-refractivity contribution in [2.24, 2.45) is 5.92 Å². The molecule has 2 saturated heterocycles. The largest absolute Gasteiger partial charge is 0.355 e. The number of nitrogens with one attached hydrogen (secondary N) is 1. The Morgan fingerprint density at radius 2 is 1.87 bits per heavy atom. The van der Waals surface area contributed by atoms with Crippen LogP contribution in [0.3, 0.4) is 0 Å². The fourth-order valence-corrected chi connectivity index (χ4v) is 2.33. The molecular formula is C11H18N2O2. The maximum absolute atomic E-state index is 12.0. The fourth-order valence-electron chi connectivity index (χ4n) is 2.33. The summed E-state index contributed by atoms with van der Waals surface area (Å²) in [6.07, 6.45) is 5.06. The smallest absolute Gasteiger partial charge is 0.227 e. The van der Waals surface area contributed by atoms with Crippen molar-refractivity contribution in [2.45, 2.75) is 32.1 Å². The van der Waals surface area contributed by atoms with E-state index in [4.69, 9.17) is 0 Å². The molecule has 84 valence electrons. The molecule has 0 bridgehead atoms. The minimum atomic E-state index is -0.101.